The number of hydrogen-bond donors (Lipinski definition) is 2. The Hall–Kier alpha value is -1.61. The van der Waals surface area contributed by atoms with Gasteiger partial charge in [-0.2, -0.15) is 0 Å². The maximum Gasteiger partial charge on any atom is 0.126 e. The van der Waals surface area contributed by atoms with Crippen molar-refractivity contribution in [2.24, 2.45) is 11.7 Å². The third-order valence-corrected chi connectivity index (χ3v) is 3.44. The normalized spacial score (nSPS) is 23.4. The van der Waals surface area contributed by atoms with Crippen molar-refractivity contribution in [3.05, 3.63) is 36.4 Å². The average Bonchev–Trinajstić information content (AvgIpc) is 2.33. The van der Waals surface area contributed by atoms with Gasteiger partial charge in [0.1, 0.15) is 5.82 Å². The molecule has 1 aromatic carbocycles. The van der Waals surface area contributed by atoms with Crippen molar-refractivity contribution in [2.75, 3.05) is 11.9 Å². The molecule has 0 bridgehead atoms. The molecule has 0 radical (unpaired) electrons. The van der Waals surface area contributed by atoms with Crippen molar-refractivity contribution in [3.8, 4) is 0 Å². The highest BCUT2D eigenvalue weighted by Gasteiger charge is 2.25. The van der Waals surface area contributed by atoms with Crippen LogP contribution in [0.25, 0.3) is 10.9 Å². The lowest BCUT2D eigenvalue weighted by molar-refractivity contribution is 0.280. The molecule has 1 heterocycles. The molecule has 3 N–H and O–H groups in total. The van der Waals surface area contributed by atoms with E-state index < -0.39 is 0 Å². The van der Waals surface area contributed by atoms with Crippen molar-refractivity contribution in [1.29, 1.82) is 0 Å². The van der Waals surface area contributed by atoms with Crippen molar-refractivity contribution in [3.63, 3.8) is 0 Å². The van der Waals surface area contributed by atoms with Gasteiger partial charge in [-0.05, 0) is 37.0 Å². The van der Waals surface area contributed by atoms with Gasteiger partial charge >= 0.3 is 0 Å². The van der Waals surface area contributed by atoms with Crippen LogP contribution in [0, 0.1) is 5.92 Å². The zero-order valence-corrected chi connectivity index (χ0v) is 9.76. The van der Waals surface area contributed by atoms with Crippen molar-refractivity contribution in [1.82, 2.24) is 4.98 Å². The Balaban J connectivity index is 1.68. The van der Waals surface area contributed by atoms with Crippen molar-refractivity contribution >= 4 is 16.7 Å². The van der Waals surface area contributed by atoms with Gasteiger partial charge in [-0.15, -0.1) is 0 Å². The summed E-state index contributed by atoms with van der Waals surface area (Å²) in [5.74, 6) is 1.68. The lowest BCUT2D eigenvalue weighted by Crippen LogP contribution is -2.39. The number of rotatable bonds is 3. The highest BCUT2D eigenvalue weighted by molar-refractivity contribution is 5.79. The third kappa shape index (κ3) is 2.24. The van der Waals surface area contributed by atoms with Gasteiger partial charge in [0.25, 0.3) is 0 Å². The third-order valence-electron chi connectivity index (χ3n) is 3.44. The van der Waals surface area contributed by atoms with Gasteiger partial charge in [0, 0.05) is 18.0 Å². The molecule has 1 aliphatic carbocycles. The summed E-state index contributed by atoms with van der Waals surface area (Å²) in [6, 6.07) is 12.7. The van der Waals surface area contributed by atoms with E-state index in [-0.39, 0.29) is 0 Å². The molecule has 1 saturated carbocycles. The Bertz CT molecular complexity index is 518. The number of nitrogens with zero attached hydrogens (tertiary/aromatic N) is 1. The Morgan fingerprint density at radius 3 is 2.82 bits per heavy atom. The summed E-state index contributed by atoms with van der Waals surface area (Å²) < 4.78 is 0. The van der Waals surface area contributed by atoms with E-state index in [1.807, 2.05) is 24.3 Å². The molecule has 1 aromatic heterocycles. The number of nitrogens with one attached hydrogen (secondary N) is 1. The lowest BCUT2D eigenvalue weighted by atomic mass is 9.81. The molecule has 0 aliphatic heterocycles. The molecule has 0 spiro atoms. The van der Waals surface area contributed by atoms with Crippen molar-refractivity contribution in [2.45, 2.75) is 18.9 Å². The van der Waals surface area contributed by atoms with Gasteiger partial charge in [0.2, 0.25) is 0 Å². The highest BCUT2D eigenvalue weighted by Crippen LogP contribution is 2.25. The van der Waals surface area contributed by atoms with Crippen LogP contribution in [0.15, 0.2) is 36.4 Å². The molecule has 2 aromatic rings. The first kappa shape index (κ1) is 10.5. The van der Waals surface area contributed by atoms with Gasteiger partial charge < -0.3 is 11.1 Å². The monoisotopic (exact) mass is 227 g/mol. The second kappa shape index (κ2) is 4.34. The number of fused-ring (bicyclic) bond motifs is 1. The zero-order valence-electron chi connectivity index (χ0n) is 9.76. The number of aromatic nitrogens is 1. The number of pyridine rings is 1. The number of benzene rings is 1. The quantitative estimate of drug-likeness (QED) is 0.846. The smallest absolute Gasteiger partial charge is 0.126 e. The highest BCUT2D eigenvalue weighted by atomic mass is 15.0. The van der Waals surface area contributed by atoms with Crippen LogP contribution < -0.4 is 11.1 Å². The molecule has 88 valence electrons. The first-order valence-electron chi connectivity index (χ1n) is 6.16. The number of para-hydroxylation sites is 1. The largest absolute Gasteiger partial charge is 0.370 e. The second-order valence-electron chi connectivity index (χ2n) is 4.87. The molecule has 3 nitrogen and oxygen atoms in total. The van der Waals surface area contributed by atoms with Crippen LogP contribution in [0.3, 0.4) is 0 Å². The minimum atomic E-state index is 0.423. The molecule has 0 amide bonds. The fourth-order valence-corrected chi connectivity index (χ4v) is 2.37. The molecular weight excluding hydrogens is 210 g/mol. The molecule has 17 heavy (non-hydrogen) atoms. The molecule has 3 heteroatoms. The fourth-order valence-electron chi connectivity index (χ4n) is 2.37. The van der Waals surface area contributed by atoms with Crippen LogP contribution in [0.2, 0.25) is 0 Å². The maximum atomic E-state index is 5.77. The van der Waals surface area contributed by atoms with Gasteiger partial charge in [-0.3, -0.25) is 0 Å². The maximum absolute atomic E-state index is 5.77. The van der Waals surface area contributed by atoms with E-state index in [4.69, 9.17) is 5.73 Å². The predicted octanol–water partition coefficient (Wildman–Crippen LogP) is 2.38. The minimum Gasteiger partial charge on any atom is -0.370 e. The Labute approximate surface area is 101 Å². The van der Waals surface area contributed by atoms with E-state index in [0.717, 1.165) is 36.6 Å². The van der Waals surface area contributed by atoms with E-state index in [0.29, 0.717) is 6.04 Å². The van der Waals surface area contributed by atoms with E-state index in [2.05, 4.69) is 22.4 Å². The summed E-state index contributed by atoms with van der Waals surface area (Å²) in [5, 5.41) is 4.58. The van der Waals surface area contributed by atoms with E-state index in [1.54, 1.807) is 0 Å². The fraction of sp³-hybridized carbons (Fsp3) is 0.357. The predicted molar refractivity (Wildman–Crippen MR) is 70.9 cm³/mol. The first-order valence-corrected chi connectivity index (χ1v) is 6.16. The summed E-state index contributed by atoms with van der Waals surface area (Å²) in [7, 11) is 0. The standard InChI is InChI=1S/C14H17N3/c15-12-7-10(8-12)9-16-14-6-5-11-3-1-2-4-13(11)17-14/h1-6,10,12H,7-9,15H2,(H,16,17). The molecule has 0 unspecified atom stereocenters. The summed E-state index contributed by atoms with van der Waals surface area (Å²) in [4.78, 5) is 4.58. The minimum absolute atomic E-state index is 0.423. The lowest BCUT2D eigenvalue weighted by Gasteiger charge is -2.32. The summed E-state index contributed by atoms with van der Waals surface area (Å²) in [5.41, 5.74) is 6.81. The zero-order chi connectivity index (χ0) is 11.7. The van der Waals surface area contributed by atoms with Gasteiger partial charge in [0.05, 0.1) is 5.52 Å². The van der Waals surface area contributed by atoms with Crippen LogP contribution in [-0.2, 0) is 0 Å². The molecule has 3 rings (SSSR count). The van der Waals surface area contributed by atoms with Crippen LogP contribution in [0.4, 0.5) is 5.82 Å². The first-order chi connectivity index (χ1) is 8.31. The Kier molecular flexibility index (Phi) is 2.69. The number of hydrogen-bond acceptors (Lipinski definition) is 3. The summed E-state index contributed by atoms with van der Waals surface area (Å²) in [6.45, 7) is 0.985. The van der Waals surface area contributed by atoms with E-state index in [1.165, 1.54) is 5.39 Å². The molecule has 0 atom stereocenters. The van der Waals surface area contributed by atoms with Gasteiger partial charge in [-0.25, -0.2) is 4.98 Å². The Morgan fingerprint density at radius 2 is 2.00 bits per heavy atom. The van der Waals surface area contributed by atoms with Crippen LogP contribution in [0.1, 0.15) is 12.8 Å². The van der Waals surface area contributed by atoms with E-state index in [9.17, 15) is 0 Å². The Morgan fingerprint density at radius 1 is 1.18 bits per heavy atom. The number of nitrogens with two attached hydrogens (primary N) is 1. The van der Waals surface area contributed by atoms with E-state index >= 15 is 0 Å². The average molecular weight is 227 g/mol. The number of anilines is 1. The molecular formula is C14H17N3. The summed E-state index contributed by atoms with van der Waals surface area (Å²) in [6.07, 6.45) is 2.28. The van der Waals surface area contributed by atoms with Crippen LogP contribution in [-0.4, -0.2) is 17.6 Å². The summed E-state index contributed by atoms with van der Waals surface area (Å²) >= 11 is 0. The SMILES string of the molecule is NC1CC(CNc2ccc3ccccc3n2)C1. The van der Waals surface area contributed by atoms with Crippen LogP contribution in [0.5, 0.6) is 0 Å². The second-order valence-corrected chi connectivity index (χ2v) is 4.87. The molecule has 0 saturated heterocycles. The molecule has 1 fully saturated rings. The molecule has 1 aliphatic rings. The topological polar surface area (TPSA) is 50.9 Å². The van der Waals surface area contributed by atoms with Gasteiger partial charge in [-0.1, -0.05) is 18.2 Å². The van der Waals surface area contributed by atoms with Crippen molar-refractivity contribution < 1.29 is 0 Å². The van der Waals surface area contributed by atoms with Crippen LogP contribution >= 0.6 is 0 Å². The van der Waals surface area contributed by atoms with Gasteiger partial charge in [0.15, 0.2) is 0 Å².